The number of aromatic amines is 1. The molecule has 11 heteroatoms. The Morgan fingerprint density at radius 1 is 1.13 bits per heavy atom. The first-order valence-corrected chi connectivity index (χ1v) is 12.9. The molecule has 2 unspecified atom stereocenters. The van der Waals surface area contributed by atoms with Gasteiger partial charge in [0.25, 0.3) is 0 Å². The molecule has 0 spiro atoms. The van der Waals surface area contributed by atoms with Crippen molar-refractivity contribution in [3.05, 3.63) is 53.7 Å². The standard InChI is InChI=1S/C27H22ClFN6O3/c28-18-11-31-26-22(32-18)15(10-30-26)24-34-23(17-9-14-3-1-2-4-16(14)38-17)20(29)25(35-24)33-21-13-7-5-12(6-8-13)19(21)27(36)37/h1-4,9-13,19,21H,5-8H2,(H,30,31)(H,36,37)(H,33,34,35). The summed E-state index contributed by atoms with van der Waals surface area (Å²) in [7, 11) is 0. The minimum absolute atomic E-state index is 0.0362. The van der Waals surface area contributed by atoms with Gasteiger partial charge >= 0.3 is 5.97 Å². The molecule has 0 radical (unpaired) electrons. The number of H-pyrrole nitrogens is 1. The summed E-state index contributed by atoms with van der Waals surface area (Å²) >= 11 is 6.10. The Kier molecular flexibility index (Phi) is 5.33. The second-order valence-corrected chi connectivity index (χ2v) is 10.4. The zero-order valence-electron chi connectivity index (χ0n) is 20.0. The summed E-state index contributed by atoms with van der Waals surface area (Å²) in [5.41, 5.74) is 1.96. The number of rotatable bonds is 5. The predicted molar refractivity (Wildman–Crippen MR) is 139 cm³/mol. The van der Waals surface area contributed by atoms with Crippen molar-refractivity contribution in [3.8, 4) is 22.8 Å². The van der Waals surface area contributed by atoms with E-state index in [2.05, 4.69) is 30.2 Å². The number of carboxylic acids is 1. The number of anilines is 1. The van der Waals surface area contributed by atoms with E-state index in [4.69, 9.17) is 16.0 Å². The fourth-order valence-electron chi connectivity index (χ4n) is 6.14. The number of hydrogen-bond acceptors (Lipinski definition) is 7. The van der Waals surface area contributed by atoms with Gasteiger partial charge in [0.2, 0.25) is 0 Å². The van der Waals surface area contributed by atoms with Gasteiger partial charge in [-0.25, -0.2) is 24.3 Å². The molecule has 0 aliphatic heterocycles. The quantitative estimate of drug-likeness (QED) is 0.254. The highest BCUT2D eigenvalue weighted by Crippen LogP contribution is 2.47. The van der Waals surface area contributed by atoms with Crippen LogP contribution in [0.15, 0.2) is 47.1 Å². The maximum atomic E-state index is 16.2. The summed E-state index contributed by atoms with van der Waals surface area (Å²) in [6, 6.07) is 8.65. The average Bonchev–Trinajstić information content (AvgIpc) is 3.54. The fourth-order valence-corrected chi connectivity index (χ4v) is 6.27. The van der Waals surface area contributed by atoms with Gasteiger partial charge in [0.1, 0.15) is 21.9 Å². The molecule has 2 bridgehead atoms. The summed E-state index contributed by atoms with van der Waals surface area (Å²) < 4.78 is 22.1. The van der Waals surface area contributed by atoms with Crippen LogP contribution in [0.3, 0.4) is 0 Å². The van der Waals surface area contributed by atoms with Crippen LogP contribution in [0.2, 0.25) is 5.15 Å². The zero-order valence-corrected chi connectivity index (χ0v) is 20.7. The number of fused-ring (bicyclic) bond motifs is 5. The Bertz CT molecular complexity index is 1680. The third-order valence-corrected chi connectivity index (χ3v) is 8.09. The van der Waals surface area contributed by atoms with Crippen molar-refractivity contribution in [2.24, 2.45) is 17.8 Å². The normalized spacial score (nSPS) is 22.8. The van der Waals surface area contributed by atoms with Crippen LogP contribution in [0.4, 0.5) is 10.2 Å². The van der Waals surface area contributed by atoms with Gasteiger partial charge in [0.15, 0.2) is 28.9 Å². The molecule has 3 N–H and O–H groups in total. The number of hydrogen-bond donors (Lipinski definition) is 3. The molecule has 4 heterocycles. The van der Waals surface area contributed by atoms with Crippen LogP contribution >= 0.6 is 11.6 Å². The van der Waals surface area contributed by atoms with Crippen LogP contribution < -0.4 is 5.32 Å². The van der Waals surface area contributed by atoms with Gasteiger partial charge in [-0.1, -0.05) is 29.8 Å². The third-order valence-electron chi connectivity index (χ3n) is 7.91. The molecular formula is C27H22ClFN6O3. The van der Waals surface area contributed by atoms with Gasteiger partial charge in [-0.2, -0.15) is 0 Å². The Hall–Kier alpha value is -4.05. The number of carbonyl (C=O) groups is 1. The van der Waals surface area contributed by atoms with Crippen LogP contribution in [0.1, 0.15) is 25.7 Å². The SMILES string of the molecule is O=C(O)C1C2CCC(CC2)C1Nc1nc(-c2c[nH]c3ncc(Cl)nc23)nc(-c2cc3ccccc3o2)c1F. The van der Waals surface area contributed by atoms with Gasteiger partial charge in [0, 0.05) is 17.6 Å². The minimum atomic E-state index is -0.870. The largest absolute Gasteiger partial charge is 0.481 e. The van der Waals surface area contributed by atoms with Crippen molar-refractivity contribution in [3.63, 3.8) is 0 Å². The first-order valence-electron chi connectivity index (χ1n) is 12.5. The summed E-state index contributed by atoms with van der Waals surface area (Å²) in [6.07, 6.45) is 6.61. The topological polar surface area (TPSA) is 130 Å². The van der Waals surface area contributed by atoms with Gasteiger partial charge in [-0.15, -0.1) is 0 Å². The van der Waals surface area contributed by atoms with Gasteiger partial charge < -0.3 is 19.8 Å². The van der Waals surface area contributed by atoms with Gasteiger partial charge in [-0.3, -0.25) is 4.79 Å². The molecule has 38 heavy (non-hydrogen) atoms. The maximum Gasteiger partial charge on any atom is 0.308 e. The van der Waals surface area contributed by atoms with Gasteiger partial charge in [-0.05, 0) is 49.7 Å². The van der Waals surface area contributed by atoms with Crippen LogP contribution in [-0.4, -0.2) is 42.0 Å². The Labute approximate surface area is 220 Å². The lowest BCUT2D eigenvalue weighted by Gasteiger charge is -2.47. The van der Waals surface area contributed by atoms with Crippen LogP contribution in [0, 0.1) is 23.6 Å². The van der Waals surface area contributed by atoms with Crippen LogP contribution in [-0.2, 0) is 4.79 Å². The molecule has 0 amide bonds. The molecule has 3 fully saturated rings. The Morgan fingerprint density at radius 2 is 1.92 bits per heavy atom. The van der Waals surface area contributed by atoms with Crippen molar-refractivity contribution < 1.29 is 18.7 Å². The Morgan fingerprint density at radius 3 is 2.71 bits per heavy atom. The number of para-hydroxylation sites is 1. The van der Waals surface area contributed by atoms with E-state index in [1.807, 2.05) is 18.2 Å². The number of furan rings is 1. The van der Waals surface area contributed by atoms with Crippen molar-refractivity contribution in [2.75, 3.05) is 5.32 Å². The highest BCUT2D eigenvalue weighted by Gasteiger charge is 2.47. The second-order valence-electron chi connectivity index (χ2n) is 10.0. The van der Waals surface area contributed by atoms with E-state index in [0.717, 1.165) is 31.1 Å². The summed E-state index contributed by atoms with van der Waals surface area (Å²) in [4.78, 5) is 33.0. The number of benzene rings is 1. The lowest BCUT2D eigenvalue weighted by Crippen LogP contribution is -2.51. The fraction of sp³-hybridized carbons (Fsp3) is 0.296. The van der Waals surface area contributed by atoms with E-state index in [0.29, 0.717) is 22.3 Å². The molecule has 1 aromatic carbocycles. The number of carboxylic acid groups (broad SMARTS) is 1. The minimum Gasteiger partial charge on any atom is -0.481 e. The molecule has 3 aliphatic rings. The van der Waals surface area contributed by atoms with Crippen LogP contribution in [0.5, 0.6) is 0 Å². The zero-order chi connectivity index (χ0) is 26.0. The molecule has 0 saturated heterocycles. The molecule has 4 aromatic heterocycles. The maximum absolute atomic E-state index is 16.2. The molecule has 192 valence electrons. The second kappa shape index (κ2) is 8.76. The third kappa shape index (κ3) is 3.70. The van der Waals surface area contributed by atoms with E-state index >= 15 is 4.39 Å². The van der Waals surface area contributed by atoms with E-state index in [9.17, 15) is 9.90 Å². The first kappa shape index (κ1) is 23.1. The molecule has 3 saturated carbocycles. The van der Waals surface area contributed by atoms with E-state index < -0.39 is 23.7 Å². The number of nitrogens with one attached hydrogen (secondary N) is 2. The summed E-state index contributed by atoms with van der Waals surface area (Å²) in [5.74, 6) is -1.68. The number of nitrogens with zero attached hydrogens (tertiary/aromatic N) is 4. The van der Waals surface area contributed by atoms with E-state index in [-0.39, 0.29) is 40.1 Å². The van der Waals surface area contributed by atoms with Crippen molar-refractivity contribution in [1.29, 1.82) is 0 Å². The summed E-state index contributed by atoms with van der Waals surface area (Å²) in [5, 5.41) is 14.2. The molecule has 5 aromatic rings. The average molecular weight is 533 g/mol. The van der Waals surface area contributed by atoms with Crippen molar-refractivity contribution in [1.82, 2.24) is 24.9 Å². The molecular weight excluding hydrogens is 511 g/mol. The number of aromatic nitrogens is 5. The van der Waals surface area contributed by atoms with Crippen LogP contribution in [0.25, 0.3) is 45.0 Å². The van der Waals surface area contributed by atoms with Crippen molar-refractivity contribution >= 4 is 45.5 Å². The molecule has 2 atom stereocenters. The molecule has 9 nitrogen and oxygen atoms in total. The molecule has 3 aliphatic carbocycles. The highest BCUT2D eigenvalue weighted by molar-refractivity contribution is 6.29. The monoisotopic (exact) mass is 532 g/mol. The lowest BCUT2D eigenvalue weighted by atomic mass is 9.61. The Balaban J connectivity index is 1.40. The summed E-state index contributed by atoms with van der Waals surface area (Å²) in [6.45, 7) is 0. The number of halogens is 2. The smallest absolute Gasteiger partial charge is 0.308 e. The number of aliphatic carboxylic acids is 1. The highest BCUT2D eigenvalue weighted by atomic mass is 35.5. The van der Waals surface area contributed by atoms with Crippen molar-refractivity contribution in [2.45, 2.75) is 31.7 Å². The van der Waals surface area contributed by atoms with E-state index in [1.165, 1.54) is 6.20 Å². The molecule has 8 rings (SSSR count). The lowest BCUT2D eigenvalue weighted by molar-refractivity contribution is -0.148. The van der Waals surface area contributed by atoms with E-state index in [1.54, 1.807) is 18.3 Å². The first-order chi connectivity index (χ1) is 18.5. The van der Waals surface area contributed by atoms with Gasteiger partial charge in [0.05, 0.1) is 17.7 Å². The predicted octanol–water partition coefficient (Wildman–Crippen LogP) is 5.92.